The minimum Gasteiger partial charge on any atom is -0.507 e. The quantitative estimate of drug-likeness (QED) is 0.251. The number of aliphatic hydroxyl groups excluding tert-OH is 1. The van der Waals surface area contributed by atoms with Crippen molar-refractivity contribution in [3.8, 4) is 11.5 Å². The number of aryl methyl sites for hydroxylation is 1. The molecule has 3 aromatic rings. The zero-order valence-electron chi connectivity index (χ0n) is 18.1. The highest BCUT2D eigenvalue weighted by atomic mass is 16.5. The number of amides is 1. The number of aromatic nitrogens is 1. The van der Waals surface area contributed by atoms with Crippen LogP contribution >= 0.6 is 0 Å². The summed E-state index contributed by atoms with van der Waals surface area (Å²) < 4.78 is 15.9. The van der Waals surface area contributed by atoms with Crippen LogP contribution < -0.4 is 14.4 Å². The van der Waals surface area contributed by atoms with E-state index < -0.39 is 17.7 Å². The molecule has 0 unspecified atom stereocenters. The largest absolute Gasteiger partial charge is 0.507 e. The number of methoxy groups -OCH3 is 1. The minimum absolute atomic E-state index is 0.0614. The van der Waals surface area contributed by atoms with Crippen LogP contribution in [0.4, 0.5) is 5.82 Å². The van der Waals surface area contributed by atoms with Crippen molar-refractivity contribution in [1.82, 2.24) is 5.16 Å². The molecule has 2 heterocycles. The number of hydrogen-bond donors (Lipinski definition) is 1. The zero-order chi connectivity index (χ0) is 23.5. The molecular weight excluding hydrogens is 424 g/mol. The summed E-state index contributed by atoms with van der Waals surface area (Å²) in [5, 5.41) is 15.1. The molecule has 2 aromatic carbocycles. The molecule has 168 valence electrons. The van der Waals surface area contributed by atoms with Crippen LogP contribution in [0.5, 0.6) is 11.5 Å². The third kappa shape index (κ3) is 4.10. The van der Waals surface area contributed by atoms with Crippen molar-refractivity contribution in [3.05, 3.63) is 89.7 Å². The molecule has 1 fully saturated rings. The molecule has 0 bridgehead atoms. The van der Waals surface area contributed by atoms with Crippen molar-refractivity contribution < 1.29 is 28.7 Å². The number of Topliss-reactive ketones (excluding diaryl/α,β-unsaturated/α-hetero) is 1. The molecule has 0 spiro atoms. The van der Waals surface area contributed by atoms with Gasteiger partial charge in [0.05, 0.1) is 18.7 Å². The molecule has 33 heavy (non-hydrogen) atoms. The molecule has 0 saturated carbocycles. The van der Waals surface area contributed by atoms with E-state index in [2.05, 4.69) is 11.7 Å². The van der Waals surface area contributed by atoms with Gasteiger partial charge in [0.2, 0.25) is 0 Å². The van der Waals surface area contributed by atoms with Gasteiger partial charge in [-0.05, 0) is 48.9 Å². The Morgan fingerprint density at radius 2 is 1.94 bits per heavy atom. The van der Waals surface area contributed by atoms with Gasteiger partial charge in [0.15, 0.2) is 5.82 Å². The van der Waals surface area contributed by atoms with Gasteiger partial charge in [-0.15, -0.1) is 0 Å². The SMILES string of the molecule is C=CCOc1ccc(/C(O)=C2\C(=O)C(=O)N(c3cc(C)on3)[C@@H]2c2cccc(OC)c2)cc1. The zero-order valence-corrected chi connectivity index (χ0v) is 18.1. The van der Waals surface area contributed by atoms with Gasteiger partial charge in [0.1, 0.15) is 29.6 Å². The van der Waals surface area contributed by atoms with E-state index in [1.807, 2.05) is 0 Å². The van der Waals surface area contributed by atoms with E-state index in [1.165, 1.54) is 12.0 Å². The normalized spacial score (nSPS) is 17.3. The number of anilines is 1. The van der Waals surface area contributed by atoms with Crippen LogP contribution in [-0.4, -0.2) is 35.7 Å². The van der Waals surface area contributed by atoms with Gasteiger partial charge >= 0.3 is 5.91 Å². The van der Waals surface area contributed by atoms with Gasteiger partial charge in [0.25, 0.3) is 5.78 Å². The van der Waals surface area contributed by atoms with Crippen molar-refractivity contribution in [1.29, 1.82) is 0 Å². The maximum atomic E-state index is 13.1. The predicted molar refractivity (Wildman–Crippen MR) is 121 cm³/mol. The van der Waals surface area contributed by atoms with Gasteiger partial charge in [0, 0.05) is 11.6 Å². The molecule has 8 heteroatoms. The topological polar surface area (TPSA) is 102 Å². The number of ketones is 1. The number of carbonyl (C=O) groups excluding carboxylic acids is 2. The second kappa shape index (κ2) is 9.04. The summed E-state index contributed by atoms with van der Waals surface area (Å²) in [6.07, 6.45) is 1.62. The molecule has 0 radical (unpaired) electrons. The van der Waals surface area contributed by atoms with Crippen LogP contribution in [0.15, 0.2) is 77.3 Å². The van der Waals surface area contributed by atoms with Crippen LogP contribution in [0.25, 0.3) is 5.76 Å². The average molecular weight is 446 g/mol. The van der Waals surface area contributed by atoms with Crippen molar-refractivity contribution in [2.75, 3.05) is 18.6 Å². The monoisotopic (exact) mass is 446 g/mol. The molecule has 1 N–H and O–H groups in total. The molecule has 1 atom stereocenters. The molecule has 4 rings (SSSR count). The fraction of sp³-hybridized carbons (Fsp3) is 0.160. The molecular formula is C25H22N2O6. The van der Waals surface area contributed by atoms with E-state index in [9.17, 15) is 14.7 Å². The Morgan fingerprint density at radius 3 is 2.58 bits per heavy atom. The lowest BCUT2D eigenvalue weighted by atomic mass is 9.95. The number of ether oxygens (including phenoxy) is 2. The van der Waals surface area contributed by atoms with Crippen LogP contribution in [0.1, 0.15) is 22.9 Å². The summed E-state index contributed by atoms with van der Waals surface area (Å²) in [6.45, 7) is 5.63. The van der Waals surface area contributed by atoms with E-state index in [0.717, 1.165) is 0 Å². The first-order valence-electron chi connectivity index (χ1n) is 10.2. The maximum absolute atomic E-state index is 13.1. The van der Waals surface area contributed by atoms with Crippen molar-refractivity contribution >= 4 is 23.3 Å². The molecule has 1 aromatic heterocycles. The maximum Gasteiger partial charge on any atom is 0.301 e. The first-order valence-corrected chi connectivity index (χ1v) is 10.2. The van der Waals surface area contributed by atoms with Gasteiger partial charge in [-0.25, -0.2) is 0 Å². The average Bonchev–Trinajstić information content (AvgIpc) is 3.38. The standard InChI is InChI=1S/C25H22N2O6/c1-4-12-32-18-10-8-16(9-11-18)23(28)21-22(17-6-5-7-19(14-17)31-3)27(25(30)24(21)29)20-13-15(2)33-26-20/h4-11,13-14,22,28H,1,12H2,2-3H3/b23-21+/t22-/m1/s1. The third-order valence-corrected chi connectivity index (χ3v) is 5.21. The highest BCUT2D eigenvalue weighted by molar-refractivity contribution is 6.51. The van der Waals surface area contributed by atoms with E-state index in [-0.39, 0.29) is 17.2 Å². The number of carbonyl (C=O) groups is 2. The third-order valence-electron chi connectivity index (χ3n) is 5.21. The number of hydrogen-bond acceptors (Lipinski definition) is 7. The molecule has 1 aliphatic heterocycles. The van der Waals surface area contributed by atoms with Crippen LogP contribution in [0.3, 0.4) is 0 Å². The number of benzene rings is 2. The van der Waals surface area contributed by atoms with Crippen molar-refractivity contribution in [2.45, 2.75) is 13.0 Å². The van der Waals surface area contributed by atoms with Gasteiger partial charge in [-0.3, -0.25) is 14.5 Å². The van der Waals surface area contributed by atoms with Crippen LogP contribution in [-0.2, 0) is 9.59 Å². The second-order valence-corrected chi connectivity index (χ2v) is 7.37. The summed E-state index contributed by atoms with van der Waals surface area (Å²) in [7, 11) is 1.52. The van der Waals surface area contributed by atoms with E-state index >= 15 is 0 Å². The smallest absolute Gasteiger partial charge is 0.301 e. The summed E-state index contributed by atoms with van der Waals surface area (Å²) in [4.78, 5) is 27.4. The summed E-state index contributed by atoms with van der Waals surface area (Å²) in [5.74, 6) is -0.177. The lowest BCUT2D eigenvalue weighted by molar-refractivity contribution is -0.132. The first kappa shape index (κ1) is 21.9. The van der Waals surface area contributed by atoms with Crippen molar-refractivity contribution in [3.63, 3.8) is 0 Å². The first-order chi connectivity index (χ1) is 15.9. The Labute approximate surface area is 190 Å². The number of aliphatic hydroxyl groups is 1. The lowest BCUT2D eigenvalue weighted by Crippen LogP contribution is -2.29. The van der Waals surface area contributed by atoms with Crippen LogP contribution in [0, 0.1) is 6.92 Å². The number of nitrogens with zero attached hydrogens (tertiary/aromatic N) is 2. The minimum atomic E-state index is -0.929. The summed E-state index contributed by atoms with van der Waals surface area (Å²) >= 11 is 0. The van der Waals surface area contributed by atoms with Gasteiger partial charge in [-0.2, -0.15) is 0 Å². The Bertz CT molecular complexity index is 1240. The molecule has 8 nitrogen and oxygen atoms in total. The lowest BCUT2D eigenvalue weighted by Gasteiger charge is -2.23. The fourth-order valence-electron chi connectivity index (χ4n) is 3.68. The Kier molecular flexibility index (Phi) is 5.99. The van der Waals surface area contributed by atoms with Gasteiger partial charge in [-0.1, -0.05) is 29.9 Å². The molecule has 1 saturated heterocycles. The predicted octanol–water partition coefficient (Wildman–Crippen LogP) is 4.18. The summed E-state index contributed by atoms with van der Waals surface area (Å²) in [6, 6.07) is 14.1. The van der Waals surface area contributed by atoms with E-state index in [4.69, 9.17) is 14.0 Å². The Morgan fingerprint density at radius 1 is 1.18 bits per heavy atom. The van der Waals surface area contributed by atoms with Crippen molar-refractivity contribution in [2.24, 2.45) is 0 Å². The Balaban J connectivity index is 1.86. The van der Waals surface area contributed by atoms with E-state index in [0.29, 0.717) is 35.0 Å². The second-order valence-electron chi connectivity index (χ2n) is 7.37. The highest BCUT2D eigenvalue weighted by Crippen LogP contribution is 2.42. The molecule has 1 amide bonds. The molecule has 0 aliphatic carbocycles. The molecule has 1 aliphatic rings. The number of rotatable bonds is 7. The van der Waals surface area contributed by atoms with Gasteiger partial charge < -0.3 is 19.1 Å². The van der Waals surface area contributed by atoms with E-state index in [1.54, 1.807) is 67.6 Å². The highest BCUT2D eigenvalue weighted by Gasteiger charge is 2.48. The van der Waals surface area contributed by atoms with Crippen LogP contribution in [0.2, 0.25) is 0 Å². The summed E-state index contributed by atoms with van der Waals surface area (Å²) in [5.41, 5.74) is 0.874. The Hall–Kier alpha value is -4.33. The fourth-order valence-corrected chi connectivity index (χ4v) is 3.68.